The molecule has 0 saturated heterocycles. The molecule has 1 heterocycles. The quantitative estimate of drug-likeness (QED) is 0.759. The van der Waals surface area contributed by atoms with Gasteiger partial charge < -0.3 is 14.4 Å². The summed E-state index contributed by atoms with van der Waals surface area (Å²) in [5.41, 5.74) is 2.98. The minimum Gasteiger partial charge on any atom is -0.507 e. The van der Waals surface area contributed by atoms with Gasteiger partial charge in [0.1, 0.15) is 23.5 Å². The molecule has 3 rings (SSSR count). The molecule has 0 unspecified atom stereocenters. The van der Waals surface area contributed by atoms with E-state index in [4.69, 9.17) is 9.26 Å². The van der Waals surface area contributed by atoms with Crippen LogP contribution in [-0.4, -0.2) is 17.4 Å². The molecule has 106 valence electrons. The Hall–Kier alpha value is -2.27. The van der Waals surface area contributed by atoms with E-state index in [2.05, 4.69) is 21.1 Å². The summed E-state index contributed by atoms with van der Waals surface area (Å²) >= 11 is 3.41. The van der Waals surface area contributed by atoms with Crippen LogP contribution in [0.25, 0.3) is 22.4 Å². The first-order valence-electron chi connectivity index (χ1n) is 6.26. The summed E-state index contributed by atoms with van der Waals surface area (Å²) in [6, 6.07) is 12.9. The number of aromatic hydroxyl groups is 1. The van der Waals surface area contributed by atoms with Crippen LogP contribution >= 0.6 is 15.9 Å². The number of ether oxygens (including phenoxy) is 1. The lowest BCUT2D eigenvalue weighted by Crippen LogP contribution is -1.86. The molecule has 0 saturated carbocycles. The second-order valence-electron chi connectivity index (χ2n) is 4.47. The van der Waals surface area contributed by atoms with Crippen molar-refractivity contribution >= 4 is 15.9 Å². The lowest BCUT2D eigenvalue weighted by molar-refractivity contribution is 0.407. The number of benzene rings is 2. The molecule has 4 nitrogen and oxygen atoms in total. The highest BCUT2D eigenvalue weighted by Gasteiger charge is 2.16. The molecule has 2 aromatic carbocycles. The Labute approximate surface area is 130 Å². The van der Waals surface area contributed by atoms with Gasteiger partial charge in [-0.3, -0.25) is 0 Å². The molecule has 0 aliphatic rings. The van der Waals surface area contributed by atoms with Crippen molar-refractivity contribution in [2.75, 3.05) is 7.11 Å². The molecule has 3 aromatic rings. The molecule has 0 spiro atoms. The molecule has 0 radical (unpaired) electrons. The molecule has 0 atom stereocenters. The maximum Gasteiger partial charge on any atom is 0.132 e. The molecule has 1 aromatic heterocycles. The average molecular weight is 346 g/mol. The Balaban J connectivity index is 2.09. The normalized spacial score (nSPS) is 10.6. The Morgan fingerprint density at radius 3 is 2.52 bits per heavy atom. The molecule has 0 amide bonds. The first-order valence-corrected chi connectivity index (χ1v) is 7.06. The fraction of sp³-hybridized carbons (Fsp3) is 0.0625. The van der Waals surface area contributed by atoms with E-state index in [0.717, 1.165) is 15.6 Å². The van der Waals surface area contributed by atoms with Crippen molar-refractivity contribution in [3.63, 3.8) is 0 Å². The number of phenols is 1. The van der Waals surface area contributed by atoms with Gasteiger partial charge in [-0.05, 0) is 29.8 Å². The molecule has 0 aliphatic carbocycles. The topological polar surface area (TPSA) is 55.5 Å². The third-order valence-corrected chi connectivity index (χ3v) is 3.71. The fourth-order valence-corrected chi connectivity index (χ4v) is 2.37. The van der Waals surface area contributed by atoms with Crippen molar-refractivity contribution < 1.29 is 14.4 Å². The standard InChI is InChI=1S/C16H12BrNO3/c1-20-12-6-7-13(15(19)8-12)16-14(9-21-18-16)10-2-4-11(17)5-3-10/h2-9,19H,1H3. The highest BCUT2D eigenvalue weighted by Crippen LogP contribution is 2.37. The molecular formula is C16H12BrNO3. The minimum atomic E-state index is 0.0987. The van der Waals surface area contributed by atoms with Crippen molar-refractivity contribution in [3.8, 4) is 33.9 Å². The summed E-state index contributed by atoms with van der Waals surface area (Å²) < 4.78 is 11.2. The molecular weight excluding hydrogens is 334 g/mol. The summed E-state index contributed by atoms with van der Waals surface area (Å²) in [4.78, 5) is 0. The highest BCUT2D eigenvalue weighted by molar-refractivity contribution is 9.10. The van der Waals surface area contributed by atoms with E-state index in [0.29, 0.717) is 17.0 Å². The number of hydrogen-bond acceptors (Lipinski definition) is 4. The Morgan fingerprint density at radius 2 is 1.86 bits per heavy atom. The summed E-state index contributed by atoms with van der Waals surface area (Å²) in [5, 5.41) is 14.2. The first kappa shape index (κ1) is 13.7. The predicted molar refractivity (Wildman–Crippen MR) is 83.3 cm³/mol. The van der Waals surface area contributed by atoms with Gasteiger partial charge in [-0.15, -0.1) is 0 Å². The van der Waals surface area contributed by atoms with Gasteiger partial charge in [0.15, 0.2) is 0 Å². The van der Waals surface area contributed by atoms with Crippen molar-refractivity contribution in [2.45, 2.75) is 0 Å². The first-order chi connectivity index (χ1) is 10.2. The van der Waals surface area contributed by atoms with Crippen LogP contribution in [0.15, 0.2) is 57.7 Å². The van der Waals surface area contributed by atoms with Crippen molar-refractivity contribution in [3.05, 3.63) is 53.2 Å². The van der Waals surface area contributed by atoms with Gasteiger partial charge in [-0.2, -0.15) is 0 Å². The smallest absolute Gasteiger partial charge is 0.132 e. The second kappa shape index (κ2) is 5.61. The van der Waals surface area contributed by atoms with E-state index in [1.807, 2.05) is 24.3 Å². The summed E-state index contributed by atoms with van der Waals surface area (Å²) in [6.07, 6.45) is 1.57. The molecule has 5 heteroatoms. The molecule has 0 bridgehead atoms. The molecule has 0 fully saturated rings. The van der Waals surface area contributed by atoms with Gasteiger partial charge in [0, 0.05) is 21.7 Å². The monoisotopic (exact) mass is 345 g/mol. The van der Waals surface area contributed by atoms with Crippen LogP contribution in [0.1, 0.15) is 0 Å². The predicted octanol–water partition coefficient (Wildman–Crippen LogP) is 4.49. The largest absolute Gasteiger partial charge is 0.507 e. The zero-order chi connectivity index (χ0) is 14.8. The molecule has 0 aliphatic heterocycles. The zero-order valence-corrected chi connectivity index (χ0v) is 12.8. The van der Waals surface area contributed by atoms with E-state index < -0.39 is 0 Å². The SMILES string of the molecule is COc1ccc(-c2nocc2-c2ccc(Br)cc2)c(O)c1. The van der Waals surface area contributed by atoms with Crippen LogP contribution in [0.3, 0.4) is 0 Å². The van der Waals surface area contributed by atoms with Crippen LogP contribution < -0.4 is 4.74 Å². The Morgan fingerprint density at radius 1 is 1.10 bits per heavy atom. The maximum absolute atomic E-state index is 10.1. The number of hydrogen-bond donors (Lipinski definition) is 1. The molecule has 21 heavy (non-hydrogen) atoms. The van der Waals surface area contributed by atoms with Crippen LogP contribution in [0.4, 0.5) is 0 Å². The van der Waals surface area contributed by atoms with E-state index in [-0.39, 0.29) is 5.75 Å². The van der Waals surface area contributed by atoms with Crippen LogP contribution in [0, 0.1) is 0 Å². The van der Waals surface area contributed by atoms with Crippen LogP contribution in [0.5, 0.6) is 11.5 Å². The Bertz CT molecular complexity index is 765. The summed E-state index contributed by atoms with van der Waals surface area (Å²) in [7, 11) is 1.55. The second-order valence-corrected chi connectivity index (χ2v) is 5.38. The third kappa shape index (κ3) is 2.64. The summed E-state index contributed by atoms with van der Waals surface area (Å²) in [6.45, 7) is 0. The lowest BCUT2D eigenvalue weighted by Gasteiger charge is -2.06. The highest BCUT2D eigenvalue weighted by atomic mass is 79.9. The number of halogens is 1. The number of aromatic nitrogens is 1. The third-order valence-electron chi connectivity index (χ3n) is 3.18. The maximum atomic E-state index is 10.1. The number of phenolic OH excluding ortho intramolecular Hbond substituents is 1. The van der Waals surface area contributed by atoms with Crippen LogP contribution in [-0.2, 0) is 0 Å². The Kier molecular flexibility index (Phi) is 3.66. The lowest BCUT2D eigenvalue weighted by atomic mass is 10.0. The minimum absolute atomic E-state index is 0.0987. The van der Waals surface area contributed by atoms with Gasteiger partial charge in [0.25, 0.3) is 0 Å². The zero-order valence-electron chi connectivity index (χ0n) is 11.2. The average Bonchev–Trinajstić information content (AvgIpc) is 2.97. The van der Waals surface area contributed by atoms with Crippen molar-refractivity contribution in [2.24, 2.45) is 0 Å². The van der Waals surface area contributed by atoms with Crippen LogP contribution in [0.2, 0.25) is 0 Å². The number of rotatable bonds is 3. The van der Waals surface area contributed by atoms with E-state index >= 15 is 0 Å². The number of methoxy groups -OCH3 is 1. The van der Waals surface area contributed by atoms with E-state index in [9.17, 15) is 5.11 Å². The van der Waals surface area contributed by atoms with Crippen molar-refractivity contribution in [1.82, 2.24) is 5.16 Å². The van der Waals surface area contributed by atoms with Gasteiger partial charge in [-0.25, -0.2) is 0 Å². The van der Waals surface area contributed by atoms with Gasteiger partial charge >= 0.3 is 0 Å². The molecule has 1 N–H and O–H groups in total. The van der Waals surface area contributed by atoms with Crippen molar-refractivity contribution in [1.29, 1.82) is 0 Å². The van der Waals surface area contributed by atoms with Gasteiger partial charge in [-0.1, -0.05) is 33.2 Å². The summed E-state index contributed by atoms with van der Waals surface area (Å²) in [5.74, 6) is 0.687. The fourth-order valence-electron chi connectivity index (χ4n) is 2.10. The van der Waals surface area contributed by atoms with Gasteiger partial charge in [0.05, 0.1) is 7.11 Å². The number of nitrogens with zero attached hydrogens (tertiary/aromatic N) is 1. The van der Waals surface area contributed by atoms with E-state index in [1.165, 1.54) is 0 Å². The van der Waals surface area contributed by atoms with Gasteiger partial charge in [0.2, 0.25) is 0 Å². The van der Waals surface area contributed by atoms with E-state index in [1.54, 1.807) is 31.6 Å².